The molecule has 0 saturated heterocycles. The number of rotatable bonds is 7. The summed E-state index contributed by atoms with van der Waals surface area (Å²) < 4.78 is 13.8. The van der Waals surface area contributed by atoms with Gasteiger partial charge >= 0.3 is 0 Å². The fourth-order valence-electron chi connectivity index (χ4n) is 2.04. The second-order valence-electron chi connectivity index (χ2n) is 5.66. The largest absolute Gasteiger partial charge is 0.356 e. The van der Waals surface area contributed by atoms with Crippen molar-refractivity contribution in [1.29, 1.82) is 5.26 Å². The van der Waals surface area contributed by atoms with E-state index in [-0.39, 0.29) is 29.8 Å². The number of benzene rings is 1. The first-order valence-corrected chi connectivity index (χ1v) is 7.70. The molecular weight excluding hydrogens is 406 g/mol. The maximum Gasteiger partial charge on any atom is 0.191 e. The lowest BCUT2D eigenvalue weighted by atomic mass is 10.1. The third-order valence-corrected chi connectivity index (χ3v) is 3.35. The van der Waals surface area contributed by atoms with Gasteiger partial charge in [0.15, 0.2) is 5.96 Å². The van der Waals surface area contributed by atoms with Crippen LogP contribution in [0, 0.1) is 23.1 Å². The third-order valence-electron chi connectivity index (χ3n) is 3.35. The highest BCUT2D eigenvalue weighted by Crippen LogP contribution is 2.09. The van der Waals surface area contributed by atoms with E-state index < -0.39 is 0 Å². The van der Waals surface area contributed by atoms with Gasteiger partial charge in [0, 0.05) is 25.7 Å². The number of nitriles is 1. The Morgan fingerprint density at radius 3 is 2.61 bits per heavy atom. The highest BCUT2D eigenvalue weighted by atomic mass is 127. The average molecular weight is 432 g/mol. The minimum absolute atomic E-state index is 0. The zero-order valence-corrected chi connectivity index (χ0v) is 16.4. The van der Waals surface area contributed by atoms with Gasteiger partial charge in [-0.25, -0.2) is 4.39 Å². The Hall–Kier alpha value is -1.36. The molecule has 6 heteroatoms. The molecule has 0 radical (unpaired) electrons. The van der Waals surface area contributed by atoms with Gasteiger partial charge in [0.25, 0.3) is 0 Å². The lowest BCUT2D eigenvalue weighted by Crippen LogP contribution is -2.37. The number of nitrogens with one attached hydrogen (secondary N) is 2. The molecule has 1 aromatic carbocycles. The molecule has 0 bridgehead atoms. The zero-order chi connectivity index (χ0) is 16.4. The fraction of sp³-hybridized carbons (Fsp3) is 0.529. The van der Waals surface area contributed by atoms with Crippen molar-refractivity contribution < 1.29 is 4.39 Å². The molecule has 0 saturated carbocycles. The highest BCUT2D eigenvalue weighted by Gasteiger charge is 2.05. The molecule has 0 spiro atoms. The van der Waals surface area contributed by atoms with Gasteiger partial charge in [0.05, 0.1) is 11.6 Å². The van der Waals surface area contributed by atoms with Gasteiger partial charge in [0.1, 0.15) is 5.82 Å². The van der Waals surface area contributed by atoms with Gasteiger partial charge in [-0.2, -0.15) is 5.26 Å². The molecule has 0 heterocycles. The van der Waals surface area contributed by atoms with Crippen molar-refractivity contribution >= 4 is 29.9 Å². The van der Waals surface area contributed by atoms with E-state index in [1.807, 2.05) is 6.07 Å². The molecule has 128 valence electrons. The van der Waals surface area contributed by atoms with Gasteiger partial charge in [-0.15, -0.1) is 24.0 Å². The minimum atomic E-state index is -0.376. The summed E-state index contributed by atoms with van der Waals surface area (Å²) in [5, 5.41) is 15.0. The number of nitrogens with zero attached hydrogens (tertiary/aromatic N) is 2. The van der Waals surface area contributed by atoms with Crippen LogP contribution in [0.25, 0.3) is 0 Å². The average Bonchev–Trinajstić information content (AvgIpc) is 2.50. The summed E-state index contributed by atoms with van der Waals surface area (Å²) in [6.45, 7) is 5.63. The monoisotopic (exact) mass is 432 g/mol. The van der Waals surface area contributed by atoms with E-state index in [9.17, 15) is 4.39 Å². The Balaban J connectivity index is 0.00000484. The molecule has 0 fully saturated rings. The van der Waals surface area contributed by atoms with E-state index in [4.69, 9.17) is 5.26 Å². The van der Waals surface area contributed by atoms with Crippen LogP contribution in [-0.2, 0) is 6.54 Å². The molecule has 1 rings (SSSR count). The molecule has 23 heavy (non-hydrogen) atoms. The van der Waals surface area contributed by atoms with Crippen LogP contribution in [0.3, 0.4) is 0 Å². The van der Waals surface area contributed by atoms with E-state index in [1.165, 1.54) is 18.9 Å². The second-order valence-corrected chi connectivity index (χ2v) is 5.66. The van der Waals surface area contributed by atoms with Crippen molar-refractivity contribution in [3.8, 4) is 6.07 Å². The van der Waals surface area contributed by atoms with Gasteiger partial charge in [-0.3, -0.25) is 4.99 Å². The third kappa shape index (κ3) is 8.74. The number of hydrogen-bond acceptors (Lipinski definition) is 2. The molecule has 0 aromatic heterocycles. The highest BCUT2D eigenvalue weighted by molar-refractivity contribution is 14.0. The van der Waals surface area contributed by atoms with Crippen LogP contribution in [0.2, 0.25) is 0 Å². The van der Waals surface area contributed by atoms with Crippen molar-refractivity contribution in [3.05, 3.63) is 35.1 Å². The summed E-state index contributed by atoms with van der Waals surface area (Å²) in [6, 6.07) is 6.41. The van der Waals surface area contributed by atoms with Crippen LogP contribution in [0.1, 0.15) is 44.2 Å². The van der Waals surface area contributed by atoms with Crippen LogP contribution in [0.4, 0.5) is 4.39 Å². The van der Waals surface area contributed by atoms with Crippen LogP contribution < -0.4 is 10.6 Å². The second kappa shape index (κ2) is 12.1. The summed E-state index contributed by atoms with van der Waals surface area (Å²) in [5.41, 5.74) is 0.843. The van der Waals surface area contributed by atoms with Gasteiger partial charge < -0.3 is 10.6 Å². The zero-order valence-electron chi connectivity index (χ0n) is 14.0. The van der Waals surface area contributed by atoms with E-state index in [1.54, 1.807) is 19.2 Å². The van der Waals surface area contributed by atoms with Crippen molar-refractivity contribution in [2.45, 2.75) is 39.7 Å². The Bertz CT molecular complexity index is 538. The predicted molar refractivity (Wildman–Crippen MR) is 103 cm³/mol. The first kappa shape index (κ1) is 21.6. The molecule has 0 amide bonds. The number of halogens is 2. The fourth-order valence-corrected chi connectivity index (χ4v) is 2.04. The Kier molecular flexibility index (Phi) is 11.4. The molecule has 2 N–H and O–H groups in total. The molecule has 0 aliphatic rings. The summed E-state index contributed by atoms with van der Waals surface area (Å²) in [6.07, 6.45) is 3.50. The first-order valence-electron chi connectivity index (χ1n) is 7.70. The summed E-state index contributed by atoms with van der Waals surface area (Å²) in [4.78, 5) is 4.12. The maximum atomic E-state index is 13.8. The van der Waals surface area contributed by atoms with Gasteiger partial charge in [0.2, 0.25) is 0 Å². The summed E-state index contributed by atoms with van der Waals surface area (Å²) in [7, 11) is 1.69. The van der Waals surface area contributed by atoms with Crippen molar-refractivity contribution in [2.75, 3.05) is 13.6 Å². The maximum absolute atomic E-state index is 13.8. The predicted octanol–water partition coefficient (Wildman–Crippen LogP) is 3.81. The first-order chi connectivity index (χ1) is 10.6. The van der Waals surface area contributed by atoms with Crippen molar-refractivity contribution in [1.82, 2.24) is 10.6 Å². The summed E-state index contributed by atoms with van der Waals surface area (Å²) >= 11 is 0. The SMILES string of the molecule is CN=C(NCCCCC(C)C)NCc1ccc(C#N)cc1F.I. The molecule has 1 aromatic rings. The molecule has 4 nitrogen and oxygen atoms in total. The molecule has 0 unspecified atom stereocenters. The van der Waals surface area contributed by atoms with Crippen LogP contribution in [0.15, 0.2) is 23.2 Å². The van der Waals surface area contributed by atoms with Crippen molar-refractivity contribution in [3.63, 3.8) is 0 Å². The molecular formula is C17H26FIN4. The Morgan fingerprint density at radius 1 is 1.30 bits per heavy atom. The minimum Gasteiger partial charge on any atom is -0.356 e. The normalized spacial score (nSPS) is 10.9. The van der Waals surface area contributed by atoms with Gasteiger partial charge in [-0.1, -0.05) is 32.8 Å². The molecule has 0 aliphatic carbocycles. The standard InChI is InChI=1S/C17H25FN4.HI/c1-13(2)6-4-5-9-21-17(20-3)22-12-15-8-7-14(11-19)10-16(15)18;/h7-8,10,13H,4-6,9,12H2,1-3H3,(H2,20,21,22);1H. The smallest absolute Gasteiger partial charge is 0.191 e. The number of guanidine groups is 1. The van der Waals surface area contributed by atoms with E-state index in [0.29, 0.717) is 23.6 Å². The Morgan fingerprint density at radius 2 is 2.04 bits per heavy atom. The quantitative estimate of drug-likeness (QED) is 0.298. The van der Waals surface area contributed by atoms with Gasteiger partial charge in [-0.05, 0) is 24.5 Å². The van der Waals surface area contributed by atoms with Crippen LogP contribution in [0.5, 0.6) is 0 Å². The van der Waals surface area contributed by atoms with E-state index in [0.717, 1.165) is 18.9 Å². The molecule has 0 aliphatic heterocycles. The molecule has 0 atom stereocenters. The lowest BCUT2D eigenvalue weighted by Gasteiger charge is -2.12. The summed E-state index contributed by atoms with van der Waals surface area (Å²) in [5.74, 6) is 1.02. The van der Waals surface area contributed by atoms with Crippen molar-refractivity contribution in [2.24, 2.45) is 10.9 Å². The number of aliphatic imine (C=N–C) groups is 1. The van der Waals surface area contributed by atoms with E-state index >= 15 is 0 Å². The van der Waals surface area contributed by atoms with Crippen LogP contribution >= 0.6 is 24.0 Å². The van der Waals surface area contributed by atoms with E-state index in [2.05, 4.69) is 29.5 Å². The topological polar surface area (TPSA) is 60.2 Å². The lowest BCUT2D eigenvalue weighted by molar-refractivity contribution is 0.534. The number of hydrogen-bond donors (Lipinski definition) is 2. The Labute approximate surface area is 155 Å². The number of unbranched alkanes of at least 4 members (excludes halogenated alkanes) is 1. The van der Waals surface area contributed by atoms with Crippen LogP contribution in [-0.4, -0.2) is 19.6 Å².